The van der Waals surface area contributed by atoms with Crippen LogP contribution in [-0.2, 0) is 0 Å². The third-order valence-corrected chi connectivity index (χ3v) is 13.3. The molecule has 6 aromatic carbocycles. The van der Waals surface area contributed by atoms with E-state index in [0.29, 0.717) is 0 Å². The van der Waals surface area contributed by atoms with Gasteiger partial charge in [0.05, 0.1) is 0 Å². The third kappa shape index (κ3) is 3.20. The van der Waals surface area contributed by atoms with Crippen LogP contribution in [-0.4, -0.2) is 8.07 Å². The lowest BCUT2D eigenvalue weighted by molar-refractivity contribution is 0.602. The highest BCUT2D eigenvalue weighted by atomic mass is 28.3. The summed E-state index contributed by atoms with van der Waals surface area (Å²) in [5, 5.41) is 7.95. The van der Waals surface area contributed by atoms with Crippen molar-refractivity contribution < 1.29 is 4.42 Å². The first-order valence-corrected chi connectivity index (χ1v) is 15.8. The van der Waals surface area contributed by atoms with Crippen molar-refractivity contribution in [2.45, 2.75) is 0 Å². The predicted octanol–water partition coefficient (Wildman–Crippen LogP) is 7.12. The Bertz CT molecular complexity index is 1950. The van der Waals surface area contributed by atoms with Crippen molar-refractivity contribution in [1.29, 1.82) is 0 Å². The van der Waals surface area contributed by atoms with Gasteiger partial charge in [0.15, 0.2) is 8.07 Å². The van der Waals surface area contributed by atoms with Gasteiger partial charge in [-0.25, -0.2) is 0 Å². The van der Waals surface area contributed by atoms with Crippen LogP contribution in [0.1, 0.15) is 0 Å². The maximum Gasteiger partial charge on any atom is 0.180 e. The predicted molar refractivity (Wildman–Crippen MR) is 170 cm³/mol. The van der Waals surface area contributed by atoms with Gasteiger partial charge in [-0.1, -0.05) is 158 Å². The Morgan fingerprint density at radius 1 is 0.375 bits per heavy atom. The van der Waals surface area contributed by atoms with Gasteiger partial charge < -0.3 is 4.42 Å². The minimum absolute atomic E-state index is 0.921. The molecule has 0 aliphatic carbocycles. The number of hydrogen-bond donors (Lipinski definition) is 0. The van der Waals surface area contributed by atoms with Crippen molar-refractivity contribution in [1.82, 2.24) is 0 Å². The summed E-state index contributed by atoms with van der Waals surface area (Å²) in [7, 11) is -2.56. The molecule has 7 aromatic rings. The molecule has 1 nitrogen and oxygen atoms in total. The zero-order valence-corrected chi connectivity index (χ0v) is 22.9. The molecule has 40 heavy (non-hydrogen) atoms. The second kappa shape index (κ2) is 9.08. The Morgan fingerprint density at radius 2 is 0.875 bits per heavy atom. The van der Waals surface area contributed by atoms with Gasteiger partial charge in [0, 0.05) is 21.9 Å². The summed E-state index contributed by atoms with van der Waals surface area (Å²) in [6, 6.07) is 57.2. The fourth-order valence-electron chi connectivity index (χ4n) is 6.78. The number of benzene rings is 6. The van der Waals surface area contributed by atoms with Gasteiger partial charge in [-0.3, -0.25) is 0 Å². The van der Waals surface area contributed by atoms with Gasteiger partial charge in [0.1, 0.15) is 11.5 Å². The monoisotopic (exact) mass is 526 g/mol. The maximum atomic E-state index is 6.87. The average Bonchev–Trinajstić information content (AvgIpc) is 3.57. The highest BCUT2D eigenvalue weighted by molar-refractivity contribution is 7.22. The second-order valence-corrected chi connectivity index (χ2v) is 14.2. The van der Waals surface area contributed by atoms with E-state index in [1.54, 1.807) is 0 Å². The Kier molecular flexibility index (Phi) is 5.22. The molecule has 2 heterocycles. The van der Waals surface area contributed by atoms with E-state index < -0.39 is 8.07 Å². The number of fused-ring (bicyclic) bond motifs is 4. The van der Waals surface area contributed by atoms with Crippen molar-refractivity contribution in [2.24, 2.45) is 0 Å². The normalized spacial score (nSPS) is 13.2. The van der Waals surface area contributed by atoms with Gasteiger partial charge in [-0.2, -0.15) is 0 Å². The number of hydrogen-bond acceptors (Lipinski definition) is 1. The molecule has 0 bridgehead atoms. The Labute approximate surface area is 235 Å². The molecule has 0 spiro atoms. The van der Waals surface area contributed by atoms with Gasteiger partial charge in [0.2, 0.25) is 0 Å². The molecular formula is C38H26OSi. The quantitative estimate of drug-likeness (QED) is 0.223. The molecule has 0 saturated carbocycles. The molecule has 2 heteroatoms. The molecule has 0 saturated heterocycles. The first kappa shape index (κ1) is 23.0. The smallest absolute Gasteiger partial charge is 0.180 e. The lowest BCUT2D eigenvalue weighted by atomic mass is 9.96. The zero-order chi connectivity index (χ0) is 26.5. The first-order chi connectivity index (χ1) is 19.9. The molecule has 1 aliphatic rings. The van der Waals surface area contributed by atoms with E-state index >= 15 is 0 Å². The molecule has 8 rings (SSSR count). The fourth-order valence-corrected chi connectivity index (χ4v) is 12.0. The van der Waals surface area contributed by atoms with E-state index in [1.807, 2.05) is 6.07 Å². The molecule has 0 N–H and O–H groups in total. The summed E-state index contributed by atoms with van der Waals surface area (Å²) in [5.41, 5.74) is 4.87. The average molecular weight is 527 g/mol. The highest BCUT2D eigenvalue weighted by Gasteiger charge is 2.49. The minimum atomic E-state index is -2.56. The topological polar surface area (TPSA) is 13.1 Å². The van der Waals surface area contributed by atoms with E-state index in [2.05, 4.69) is 152 Å². The minimum Gasteiger partial charge on any atom is -0.455 e. The Balaban J connectivity index is 1.49. The van der Waals surface area contributed by atoms with Crippen LogP contribution in [0, 0.1) is 0 Å². The van der Waals surface area contributed by atoms with Gasteiger partial charge in [-0.05, 0) is 31.9 Å². The summed E-state index contributed by atoms with van der Waals surface area (Å²) in [5.74, 6) is 1.86. The van der Waals surface area contributed by atoms with Crippen molar-refractivity contribution >= 4 is 39.6 Å². The van der Waals surface area contributed by atoms with Crippen LogP contribution < -0.4 is 20.7 Å². The van der Waals surface area contributed by atoms with Crippen LogP contribution in [0.3, 0.4) is 0 Å². The van der Waals surface area contributed by atoms with Crippen molar-refractivity contribution in [3.05, 3.63) is 158 Å². The molecular weight excluding hydrogens is 501 g/mol. The van der Waals surface area contributed by atoms with Crippen LogP contribution in [0.15, 0.2) is 162 Å². The van der Waals surface area contributed by atoms with Gasteiger partial charge in [0.25, 0.3) is 0 Å². The summed E-state index contributed by atoms with van der Waals surface area (Å²) >= 11 is 0. The molecule has 1 aliphatic heterocycles. The van der Waals surface area contributed by atoms with Gasteiger partial charge >= 0.3 is 0 Å². The molecule has 0 fully saturated rings. The maximum absolute atomic E-state index is 6.87. The lowest BCUT2D eigenvalue weighted by Crippen LogP contribution is -2.72. The van der Waals surface area contributed by atoms with Crippen molar-refractivity contribution in [3.63, 3.8) is 0 Å². The summed E-state index contributed by atoms with van der Waals surface area (Å²) in [6.07, 6.45) is 0. The molecule has 0 radical (unpaired) electrons. The Hall–Kier alpha value is -4.92. The summed E-state index contributed by atoms with van der Waals surface area (Å²) in [4.78, 5) is 0. The summed E-state index contributed by atoms with van der Waals surface area (Å²) < 4.78 is 6.87. The van der Waals surface area contributed by atoms with Crippen LogP contribution in [0.25, 0.3) is 44.5 Å². The fraction of sp³-hybridized carbons (Fsp3) is 0. The van der Waals surface area contributed by atoms with Crippen LogP contribution in [0.4, 0.5) is 0 Å². The summed E-state index contributed by atoms with van der Waals surface area (Å²) in [6.45, 7) is 0. The van der Waals surface area contributed by atoms with Crippen LogP contribution >= 0.6 is 0 Å². The van der Waals surface area contributed by atoms with Gasteiger partial charge in [-0.15, -0.1) is 0 Å². The molecule has 0 atom stereocenters. The second-order valence-electron chi connectivity index (χ2n) is 10.4. The SMILES string of the molecule is c1ccc(-c2oc(-c3cccc4c3-c3ccccc3[Si]4(c3ccccc3)c3ccccc3)c3ccccc23)cc1. The van der Waals surface area contributed by atoms with E-state index in [1.165, 1.54) is 31.9 Å². The van der Waals surface area contributed by atoms with E-state index in [0.717, 1.165) is 33.4 Å². The highest BCUT2D eigenvalue weighted by Crippen LogP contribution is 2.43. The molecule has 1 aromatic heterocycles. The lowest BCUT2D eigenvalue weighted by Gasteiger charge is -2.31. The van der Waals surface area contributed by atoms with E-state index in [4.69, 9.17) is 4.42 Å². The van der Waals surface area contributed by atoms with E-state index in [9.17, 15) is 0 Å². The molecule has 0 unspecified atom stereocenters. The first-order valence-electron chi connectivity index (χ1n) is 13.8. The molecule has 188 valence electrons. The number of furan rings is 1. The number of rotatable bonds is 4. The third-order valence-electron chi connectivity index (χ3n) is 8.38. The standard InChI is InChI=1S/C38H26OSi/c1-4-15-27(16-5-1)37-30-21-10-11-22-31(30)38(39-37)33-24-14-26-35-36(33)32-23-12-13-25-34(32)40(35,28-17-6-2-7-18-28)29-19-8-3-9-20-29/h1-26H. The zero-order valence-electron chi connectivity index (χ0n) is 21.9. The van der Waals surface area contributed by atoms with Crippen molar-refractivity contribution in [3.8, 4) is 33.8 Å². The van der Waals surface area contributed by atoms with Crippen molar-refractivity contribution in [2.75, 3.05) is 0 Å². The van der Waals surface area contributed by atoms with Crippen LogP contribution in [0.2, 0.25) is 0 Å². The molecule has 0 amide bonds. The van der Waals surface area contributed by atoms with E-state index in [-0.39, 0.29) is 0 Å². The van der Waals surface area contributed by atoms with Crippen LogP contribution in [0.5, 0.6) is 0 Å². The largest absolute Gasteiger partial charge is 0.455 e. The Morgan fingerprint density at radius 3 is 1.55 bits per heavy atom.